The van der Waals surface area contributed by atoms with Gasteiger partial charge < -0.3 is 4.42 Å². The van der Waals surface area contributed by atoms with E-state index in [1.54, 1.807) is 35.8 Å². The van der Waals surface area contributed by atoms with Gasteiger partial charge in [0.2, 0.25) is 15.9 Å². The van der Waals surface area contributed by atoms with Gasteiger partial charge in [-0.2, -0.15) is 4.31 Å². The van der Waals surface area contributed by atoms with Crippen LogP contribution in [0.25, 0.3) is 10.8 Å². The first-order chi connectivity index (χ1) is 12.1. The van der Waals surface area contributed by atoms with Gasteiger partial charge in [-0.1, -0.05) is 18.2 Å². The molecule has 1 aliphatic heterocycles. The molecule has 0 N–H and O–H groups in total. The number of hydrogen-bond acceptors (Lipinski definition) is 7. The zero-order chi connectivity index (χ0) is 17.4. The second-order valence-corrected chi connectivity index (χ2v) is 8.54. The van der Waals surface area contributed by atoms with Gasteiger partial charge in [0.05, 0.1) is 16.1 Å². The average molecular weight is 376 g/mol. The maximum atomic E-state index is 12.9. The number of benzene rings is 1. The lowest BCUT2D eigenvalue weighted by atomic mass is 10.2. The van der Waals surface area contributed by atoms with Crippen LogP contribution >= 0.6 is 11.3 Å². The van der Waals surface area contributed by atoms with E-state index in [0.717, 1.165) is 17.0 Å². The highest BCUT2D eigenvalue weighted by atomic mass is 32.2. The number of nitrogens with zero attached hydrogens (tertiary/aromatic N) is 4. The van der Waals surface area contributed by atoms with Crippen LogP contribution in [0.15, 0.2) is 45.2 Å². The average Bonchev–Trinajstić information content (AvgIpc) is 3.35. The molecule has 3 aromatic rings. The Morgan fingerprint density at radius 2 is 2.04 bits per heavy atom. The predicted molar refractivity (Wildman–Crippen MR) is 92.5 cm³/mol. The van der Waals surface area contributed by atoms with Crippen LogP contribution in [0.1, 0.15) is 30.5 Å². The third kappa shape index (κ3) is 2.88. The van der Waals surface area contributed by atoms with Gasteiger partial charge in [-0.05, 0) is 31.9 Å². The first-order valence-electron chi connectivity index (χ1n) is 7.88. The molecule has 7 nitrogen and oxygen atoms in total. The summed E-state index contributed by atoms with van der Waals surface area (Å²) in [6.45, 7) is 2.32. The van der Waals surface area contributed by atoms with Crippen molar-refractivity contribution < 1.29 is 12.8 Å². The van der Waals surface area contributed by atoms with Crippen molar-refractivity contribution in [2.45, 2.75) is 30.7 Å². The highest BCUT2D eigenvalue weighted by Gasteiger charge is 2.39. The van der Waals surface area contributed by atoms with Crippen molar-refractivity contribution in [2.75, 3.05) is 6.54 Å². The SMILES string of the molecule is Cc1ncsc1-c1nnc([C@@H]2CCCN2S(=O)(=O)c2ccccc2)o1. The van der Waals surface area contributed by atoms with Crippen molar-refractivity contribution in [1.29, 1.82) is 0 Å². The lowest BCUT2D eigenvalue weighted by Crippen LogP contribution is -2.30. The standard InChI is InChI=1S/C16H16N4O3S2/c1-11-14(24-10-17-11)16-19-18-15(23-16)13-8-5-9-20(13)25(21,22)12-6-3-2-4-7-12/h2-4,6-7,10,13H,5,8-9H2,1H3/t13-/m0/s1. The zero-order valence-electron chi connectivity index (χ0n) is 13.5. The second-order valence-electron chi connectivity index (χ2n) is 5.80. The van der Waals surface area contributed by atoms with Crippen LogP contribution in [0.3, 0.4) is 0 Å². The summed E-state index contributed by atoms with van der Waals surface area (Å²) in [6, 6.07) is 8.00. The Morgan fingerprint density at radius 1 is 1.24 bits per heavy atom. The molecule has 1 fully saturated rings. The lowest BCUT2D eigenvalue weighted by molar-refractivity contribution is 0.332. The van der Waals surface area contributed by atoms with Crippen LogP contribution in [0.2, 0.25) is 0 Å². The van der Waals surface area contributed by atoms with Crippen LogP contribution < -0.4 is 0 Å². The Hall–Kier alpha value is -2.10. The molecule has 1 aliphatic rings. The molecular weight excluding hydrogens is 360 g/mol. The van der Waals surface area contributed by atoms with Crippen LogP contribution in [-0.4, -0.2) is 34.4 Å². The van der Waals surface area contributed by atoms with Crippen LogP contribution in [0, 0.1) is 6.92 Å². The number of aromatic nitrogens is 3. The monoisotopic (exact) mass is 376 g/mol. The minimum Gasteiger partial charge on any atom is -0.418 e. The maximum absolute atomic E-state index is 12.9. The molecule has 1 saturated heterocycles. The molecule has 0 aliphatic carbocycles. The Labute approximate surface area is 149 Å². The summed E-state index contributed by atoms with van der Waals surface area (Å²) in [5.41, 5.74) is 2.54. The zero-order valence-corrected chi connectivity index (χ0v) is 15.1. The maximum Gasteiger partial charge on any atom is 0.259 e. The Balaban J connectivity index is 1.67. The molecule has 130 valence electrons. The van der Waals surface area contributed by atoms with Crippen LogP contribution in [0.5, 0.6) is 0 Å². The van der Waals surface area contributed by atoms with Gasteiger partial charge >= 0.3 is 0 Å². The fraction of sp³-hybridized carbons (Fsp3) is 0.312. The summed E-state index contributed by atoms with van der Waals surface area (Å²) in [7, 11) is -3.59. The normalized spacial score (nSPS) is 18.7. The van der Waals surface area contributed by atoms with Crippen molar-refractivity contribution >= 4 is 21.4 Å². The van der Waals surface area contributed by atoms with Crippen molar-refractivity contribution in [2.24, 2.45) is 0 Å². The number of aryl methyl sites for hydroxylation is 1. The second kappa shape index (κ2) is 6.32. The summed E-state index contributed by atoms with van der Waals surface area (Å²) in [6.07, 6.45) is 1.42. The molecule has 0 radical (unpaired) electrons. The fourth-order valence-electron chi connectivity index (χ4n) is 2.97. The molecule has 1 aromatic carbocycles. The topological polar surface area (TPSA) is 89.2 Å². The third-order valence-electron chi connectivity index (χ3n) is 4.22. The molecule has 0 spiro atoms. The summed E-state index contributed by atoms with van der Waals surface area (Å²) in [4.78, 5) is 5.27. The minimum absolute atomic E-state index is 0.278. The number of sulfonamides is 1. The first-order valence-corrected chi connectivity index (χ1v) is 10.2. The fourth-order valence-corrected chi connectivity index (χ4v) is 5.37. The summed E-state index contributed by atoms with van der Waals surface area (Å²) < 4.78 is 33.1. The molecule has 0 amide bonds. The van der Waals surface area contributed by atoms with Crippen LogP contribution in [0.4, 0.5) is 0 Å². The molecule has 0 bridgehead atoms. The number of thiazole rings is 1. The van der Waals surface area contributed by atoms with E-state index in [2.05, 4.69) is 15.2 Å². The summed E-state index contributed by atoms with van der Waals surface area (Å²) >= 11 is 1.42. The van der Waals surface area contributed by atoms with E-state index >= 15 is 0 Å². The van der Waals surface area contributed by atoms with Crippen molar-refractivity contribution in [3.8, 4) is 10.8 Å². The van der Waals surface area contributed by atoms with E-state index in [-0.39, 0.29) is 4.90 Å². The molecule has 0 unspecified atom stereocenters. The quantitative estimate of drug-likeness (QED) is 0.695. The molecule has 25 heavy (non-hydrogen) atoms. The lowest BCUT2D eigenvalue weighted by Gasteiger charge is -2.21. The van der Waals surface area contributed by atoms with E-state index in [1.165, 1.54) is 15.6 Å². The number of hydrogen-bond donors (Lipinski definition) is 0. The van der Waals surface area contributed by atoms with Gasteiger partial charge in [0.25, 0.3) is 5.89 Å². The highest BCUT2D eigenvalue weighted by Crippen LogP contribution is 2.37. The van der Waals surface area contributed by atoms with Gasteiger partial charge in [-0.15, -0.1) is 21.5 Å². The van der Waals surface area contributed by atoms with E-state index in [1.807, 2.05) is 6.92 Å². The van der Waals surface area contributed by atoms with Crippen molar-refractivity contribution in [1.82, 2.24) is 19.5 Å². The van der Waals surface area contributed by atoms with E-state index in [4.69, 9.17) is 4.42 Å². The van der Waals surface area contributed by atoms with Gasteiger partial charge in [0.1, 0.15) is 10.9 Å². The molecule has 2 aromatic heterocycles. The smallest absolute Gasteiger partial charge is 0.259 e. The molecule has 4 rings (SSSR count). The van der Waals surface area contributed by atoms with Gasteiger partial charge in [0.15, 0.2) is 0 Å². The summed E-state index contributed by atoms with van der Waals surface area (Å²) in [5, 5.41) is 8.19. The van der Waals surface area contributed by atoms with Crippen molar-refractivity contribution in [3.05, 3.63) is 47.4 Å². The van der Waals surface area contributed by atoms with E-state index in [9.17, 15) is 8.42 Å². The largest absolute Gasteiger partial charge is 0.418 e. The predicted octanol–water partition coefficient (Wildman–Crippen LogP) is 3.03. The third-order valence-corrected chi connectivity index (χ3v) is 7.06. The minimum atomic E-state index is -3.59. The van der Waals surface area contributed by atoms with Crippen molar-refractivity contribution in [3.63, 3.8) is 0 Å². The van der Waals surface area contributed by atoms with E-state index < -0.39 is 16.1 Å². The molecule has 0 saturated carbocycles. The highest BCUT2D eigenvalue weighted by molar-refractivity contribution is 7.89. The Kier molecular flexibility index (Phi) is 4.14. The molecular formula is C16H16N4O3S2. The Bertz CT molecular complexity index is 982. The Morgan fingerprint density at radius 3 is 2.76 bits per heavy atom. The first kappa shape index (κ1) is 16.4. The summed E-state index contributed by atoms with van der Waals surface area (Å²) in [5.74, 6) is 0.721. The molecule has 1 atom stereocenters. The molecule has 9 heteroatoms. The number of rotatable bonds is 4. The van der Waals surface area contributed by atoms with Crippen LogP contribution in [-0.2, 0) is 10.0 Å². The van der Waals surface area contributed by atoms with E-state index in [0.29, 0.717) is 24.7 Å². The van der Waals surface area contributed by atoms with Gasteiger partial charge in [-0.3, -0.25) is 0 Å². The van der Waals surface area contributed by atoms with Gasteiger partial charge in [0, 0.05) is 6.54 Å². The molecule has 3 heterocycles. The van der Waals surface area contributed by atoms with Gasteiger partial charge in [-0.25, -0.2) is 13.4 Å².